The number of aromatic hydroxyl groups is 1. The summed E-state index contributed by atoms with van der Waals surface area (Å²) in [5, 5.41) is 13.7. The number of fused-ring (bicyclic) bond motifs is 1. The van der Waals surface area contributed by atoms with Crippen molar-refractivity contribution in [3.05, 3.63) is 87.1 Å². The molecule has 3 N–H and O–H groups in total. The van der Waals surface area contributed by atoms with Crippen LogP contribution >= 0.6 is 0 Å². The lowest BCUT2D eigenvalue weighted by Crippen LogP contribution is -2.29. The van der Waals surface area contributed by atoms with Crippen molar-refractivity contribution in [2.45, 2.75) is 25.7 Å². The molecule has 36 heavy (non-hydrogen) atoms. The first-order valence-corrected chi connectivity index (χ1v) is 11.4. The second-order valence-electron chi connectivity index (χ2n) is 8.11. The van der Waals surface area contributed by atoms with Crippen molar-refractivity contribution in [1.82, 2.24) is 10.3 Å². The number of halogens is 1. The Morgan fingerprint density at radius 3 is 2.67 bits per heavy atom. The van der Waals surface area contributed by atoms with E-state index >= 15 is 0 Å². The molecular weight excluding hydrogens is 471 g/mol. The number of esters is 1. The number of hydrogen-bond acceptors (Lipinski definition) is 7. The average molecular weight is 496 g/mol. The van der Waals surface area contributed by atoms with Gasteiger partial charge in [-0.3, -0.25) is 9.59 Å². The van der Waals surface area contributed by atoms with Gasteiger partial charge in [-0.05, 0) is 48.7 Å². The summed E-state index contributed by atoms with van der Waals surface area (Å²) in [6.45, 7) is 2.02. The maximum atomic E-state index is 13.1. The molecule has 2 aromatic carbocycles. The maximum Gasteiger partial charge on any atom is 0.343 e. The highest BCUT2D eigenvalue weighted by Gasteiger charge is 2.29. The van der Waals surface area contributed by atoms with Crippen LogP contribution in [0.2, 0.25) is 0 Å². The fraction of sp³-hybridized carbons (Fsp3) is 0.269. The lowest BCUT2D eigenvalue weighted by atomic mass is 9.87. The molecule has 188 valence electrons. The lowest BCUT2D eigenvalue weighted by molar-refractivity contribution is -0.121. The van der Waals surface area contributed by atoms with Crippen LogP contribution in [0.4, 0.5) is 4.39 Å². The zero-order valence-corrected chi connectivity index (χ0v) is 19.5. The van der Waals surface area contributed by atoms with Crippen LogP contribution in [0.3, 0.4) is 0 Å². The molecule has 1 unspecified atom stereocenters. The summed E-state index contributed by atoms with van der Waals surface area (Å²) in [7, 11) is 0. The predicted molar refractivity (Wildman–Crippen MR) is 127 cm³/mol. The first-order valence-electron chi connectivity index (χ1n) is 11.4. The quantitative estimate of drug-likeness (QED) is 0.389. The monoisotopic (exact) mass is 496 g/mol. The topological polar surface area (TPSA) is 127 Å². The van der Waals surface area contributed by atoms with Gasteiger partial charge in [0.2, 0.25) is 12.7 Å². The van der Waals surface area contributed by atoms with Gasteiger partial charge in [0.25, 0.3) is 5.56 Å². The summed E-state index contributed by atoms with van der Waals surface area (Å²) >= 11 is 0. The molecule has 9 nitrogen and oxygen atoms in total. The minimum Gasteiger partial charge on any atom is -0.506 e. The SMILES string of the molecule is CCOC(=O)c1c[nH]c(=O)c(C(CC(=O)NCCc2ccc(F)cc2)c2ccc3c(c2)OCO3)c1O. The number of ether oxygens (including phenoxy) is 3. The van der Waals surface area contributed by atoms with E-state index < -0.39 is 23.2 Å². The summed E-state index contributed by atoms with van der Waals surface area (Å²) in [6.07, 6.45) is 1.36. The Morgan fingerprint density at radius 1 is 1.17 bits per heavy atom. The van der Waals surface area contributed by atoms with Gasteiger partial charge in [-0.1, -0.05) is 18.2 Å². The van der Waals surface area contributed by atoms with Crippen LogP contribution in [-0.4, -0.2) is 41.9 Å². The summed E-state index contributed by atoms with van der Waals surface area (Å²) in [4.78, 5) is 40.5. The molecule has 0 radical (unpaired) electrons. The number of nitrogens with one attached hydrogen (secondary N) is 2. The number of hydrogen-bond donors (Lipinski definition) is 3. The smallest absolute Gasteiger partial charge is 0.343 e. The Morgan fingerprint density at radius 2 is 1.92 bits per heavy atom. The van der Waals surface area contributed by atoms with E-state index in [1.54, 1.807) is 37.3 Å². The molecule has 1 aromatic heterocycles. The van der Waals surface area contributed by atoms with Crippen LogP contribution < -0.4 is 20.3 Å². The van der Waals surface area contributed by atoms with Crippen molar-refractivity contribution < 1.29 is 33.3 Å². The van der Waals surface area contributed by atoms with Crippen LogP contribution in [0.5, 0.6) is 17.2 Å². The maximum absolute atomic E-state index is 13.1. The summed E-state index contributed by atoms with van der Waals surface area (Å²) in [5.41, 5.74) is 0.347. The van der Waals surface area contributed by atoms with Crippen molar-refractivity contribution in [2.75, 3.05) is 19.9 Å². The highest BCUT2D eigenvalue weighted by Crippen LogP contribution is 2.39. The van der Waals surface area contributed by atoms with Gasteiger partial charge in [0.1, 0.15) is 17.1 Å². The molecule has 1 aliphatic heterocycles. The Balaban J connectivity index is 1.62. The van der Waals surface area contributed by atoms with Gasteiger partial charge in [-0.2, -0.15) is 0 Å². The number of aromatic amines is 1. The summed E-state index contributed by atoms with van der Waals surface area (Å²) in [6, 6.07) is 10.9. The van der Waals surface area contributed by atoms with E-state index in [1.165, 1.54) is 12.1 Å². The van der Waals surface area contributed by atoms with Crippen LogP contribution in [-0.2, 0) is 16.0 Å². The minimum atomic E-state index is -0.913. The molecule has 2 heterocycles. The number of carbonyl (C=O) groups is 2. The standard InChI is InChI=1S/C26H25FN2O7/c1-2-34-26(33)19-13-29-25(32)23(24(19)31)18(16-5-8-20-21(11-16)36-14-35-20)12-22(30)28-10-9-15-3-6-17(27)7-4-15/h3-8,11,13,18H,2,9-10,12,14H2,1H3,(H,28,30)(H2,29,31,32). The third kappa shape index (κ3) is 5.48. The highest BCUT2D eigenvalue weighted by molar-refractivity contribution is 5.92. The summed E-state index contributed by atoms with van der Waals surface area (Å²) < 4.78 is 28.9. The van der Waals surface area contributed by atoms with Crippen molar-refractivity contribution in [3.63, 3.8) is 0 Å². The fourth-order valence-electron chi connectivity index (χ4n) is 4.00. The number of H-pyrrole nitrogens is 1. The third-order valence-electron chi connectivity index (χ3n) is 5.78. The summed E-state index contributed by atoms with van der Waals surface area (Å²) in [5.74, 6) is -2.06. The van der Waals surface area contributed by atoms with E-state index in [0.717, 1.165) is 11.8 Å². The van der Waals surface area contributed by atoms with E-state index in [-0.39, 0.29) is 49.2 Å². The van der Waals surface area contributed by atoms with Crippen LogP contribution in [0, 0.1) is 5.82 Å². The van der Waals surface area contributed by atoms with Gasteiger partial charge in [0.05, 0.1) is 12.2 Å². The number of benzene rings is 2. The molecule has 1 amide bonds. The number of carbonyl (C=O) groups excluding carboxylic acids is 2. The number of pyridine rings is 1. The number of rotatable bonds is 9. The molecule has 0 fully saturated rings. The zero-order valence-electron chi connectivity index (χ0n) is 19.5. The largest absolute Gasteiger partial charge is 0.506 e. The molecule has 3 aromatic rings. The molecular formula is C26H25FN2O7. The first-order chi connectivity index (χ1) is 17.4. The van der Waals surface area contributed by atoms with Gasteiger partial charge < -0.3 is 29.6 Å². The number of aromatic nitrogens is 1. The molecule has 0 bridgehead atoms. The van der Waals surface area contributed by atoms with Crippen molar-refractivity contribution in [1.29, 1.82) is 0 Å². The van der Waals surface area contributed by atoms with Gasteiger partial charge in [0.15, 0.2) is 11.5 Å². The van der Waals surface area contributed by atoms with Crippen molar-refractivity contribution >= 4 is 11.9 Å². The van der Waals surface area contributed by atoms with Crippen LogP contribution in [0.1, 0.15) is 46.3 Å². The Bertz CT molecular complexity index is 1320. The van der Waals surface area contributed by atoms with E-state index in [4.69, 9.17) is 14.2 Å². The van der Waals surface area contributed by atoms with E-state index in [1.807, 2.05) is 0 Å². The lowest BCUT2D eigenvalue weighted by Gasteiger charge is -2.19. The van der Waals surface area contributed by atoms with Gasteiger partial charge in [0, 0.05) is 25.1 Å². The first kappa shape index (κ1) is 24.8. The second-order valence-corrected chi connectivity index (χ2v) is 8.11. The van der Waals surface area contributed by atoms with Gasteiger partial charge in [-0.15, -0.1) is 0 Å². The normalized spacial score (nSPS) is 12.7. The highest BCUT2D eigenvalue weighted by atomic mass is 19.1. The third-order valence-corrected chi connectivity index (χ3v) is 5.78. The molecule has 4 rings (SSSR count). The molecule has 0 saturated heterocycles. The molecule has 10 heteroatoms. The van der Waals surface area contributed by atoms with E-state index in [2.05, 4.69) is 10.3 Å². The molecule has 1 aliphatic rings. The number of amides is 1. The van der Waals surface area contributed by atoms with Gasteiger partial charge in [-0.25, -0.2) is 9.18 Å². The van der Waals surface area contributed by atoms with Crippen LogP contribution in [0.15, 0.2) is 53.5 Å². The van der Waals surface area contributed by atoms with Crippen molar-refractivity contribution in [3.8, 4) is 17.2 Å². The minimum absolute atomic E-state index is 0.0392. The Kier molecular flexibility index (Phi) is 7.53. The molecule has 0 aliphatic carbocycles. The fourth-order valence-corrected chi connectivity index (χ4v) is 4.00. The zero-order chi connectivity index (χ0) is 25.7. The average Bonchev–Trinajstić information content (AvgIpc) is 3.33. The second kappa shape index (κ2) is 10.9. The Hall–Kier alpha value is -4.34. The van der Waals surface area contributed by atoms with Crippen LogP contribution in [0.25, 0.3) is 0 Å². The van der Waals surface area contributed by atoms with Crippen molar-refractivity contribution in [2.24, 2.45) is 0 Å². The van der Waals surface area contributed by atoms with E-state index in [0.29, 0.717) is 23.5 Å². The molecule has 0 saturated carbocycles. The molecule has 1 atom stereocenters. The van der Waals surface area contributed by atoms with Gasteiger partial charge >= 0.3 is 5.97 Å². The predicted octanol–water partition coefficient (Wildman–Crippen LogP) is 3.01. The van der Waals surface area contributed by atoms with E-state index in [9.17, 15) is 23.9 Å². The molecule has 0 spiro atoms. The Labute approximate surface area is 205 Å².